The Kier molecular flexibility index (Phi) is 3.74. The highest BCUT2D eigenvalue weighted by atomic mass is 16.1. The molecule has 1 aromatic heterocycles. The second-order valence-corrected chi connectivity index (χ2v) is 5.69. The smallest absolute Gasteiger partial charge is 0.220 e. The number of carbonyl (C=O) groups is 1. The monoisotopic (exact) mass is 271 g/mol. The van der Waals surface area contributed by atoms with Crippen LogP contribution in [0.15, 0.2) is 30.5 Å². The number of primary amides is 1. The minimum Gasteiger partial charge on any atom is -0.369 e. The number of nitrogens with two attached hydrogens (primary N) is 1. The molecule has 0 radical (unpaired) electrons. The van der Waals surface area contributed by atoms with Gasteiger partial charge in [-0.2, -0.15) is 0 Å². The molecular weight excluding hydrogens is 250 g/mol. The highest BCUT2D eigenvalue weighted by molar-refractivity contribution is 5.82. The standard InChI is InChI=1S/C16H21N3O/c17-16(20)11-4-6-13(7-5-11)19-10-12-2-1-3-15-14(12)8-9-18-15/h1-3,8-9,11,13,18-19H,4-7,10H2,(H2,17,20). The van der Waals surface area contributed by atoms with E-state index in [1.54, 1.807) is 0 Å². The molecule has 1 heterocycles. The predicted octanol–water partition coefficient (Wildman–Crippen LogP) is 2.30. The lowest BCUT2D eigenvalue weighted by Gasteiger charge is -2.27. The van der Waals surface area contributed by atoms with Crippen molar-refractivity contribution in [1.82, 2.24) is 10.3 Å². The molecule has 3 rings (SSSR count). The summed E-state index contributed by atoms with van der Waals surface area (Å²) in [6.07, 6.45) is 5.89. The zero-order valence-electron chi connectivity index (χ0n) is 11.6. The first-order valence-electron chi connectivity index (χ1n) is 7.31. The number of hydrogen-bond acceptors (Lipinski definition) is 2. The van der Waals surface area contributed by atoms with Gasteiger partial charge in [0.2, 0.25) is 5.91 Å². The van der Waals surface area contributed by atoms with Crippen LogP contribution in [0.1, 0.15) is 31.2 Å². The van der Waals surface area contributed by atoms with Crippen LogP contribution >= 0.6 is 0 Å². The van der Waals surface area contributed by atoms with Gasteiger partial charge in [-0.3, -0.25) is 4.79 Å². The van der Waals surface area contributed by atoms with E-state index in [1.165, 1.54) is 16.5 Å². The highest BCUT2D eigenvalue weighted by Crippen LogP contribution is 2.24. The molecule has 1 fully saturated rings. The van der Waals surface area contributed by atoms with Gasteiger partial charge in [0.05, 0.1) is 0 Å². The number of benzene rings is 1. The molecule has 1 aliphatic rings. The number of fused-ring (bicyclic) bond motifs is 1. The van der Waals surface area contributed by atoms with Gasteiger partial charge < -0.3 is 16.0 Å². The number of aromatic amines is 1. The van der Waals surface area contributed by atoms with Gasteiger partial charge in [-0.25, -0.2) is 0 Å². The van der Waals surface area contributed by atoms with Crippen molar-refractivity contribution in [3.8, 4) is 0 Å². The number of rotatable bonds is 4. The van der Waals surface area contributed by atoms with Crippen LogP contribution in [0.3, 0.4) is 0 Å². The van der Waals surface area contributed by atoms with E-state index < -0.39 is 0 Å². The largest absolute Gasteiger partial charge is 0.369 e. The number of amides is 1. The summed E-state index contributed by atoms with van der Waals surface area (Å²) in [6.45, 7) is 0.876. The first kappa shape index (κ1) is 13.2. The van der Waals surface area contributed by atoms with Crippen molar-refractivity contribution in [1.29, 1.82) is 0 Å². The molecule has 0 bridgehead atoms. The van der Waals surface area contributed by atoms with Crippen molar-refractivity contribution < 1.29 is 4.79 Å². The number of H-pyrrole nitrogens is 1. The molecule has 106 valence electrons. The van der Waals surface area contributed by atoms with Crippen LogP contribution in [0, 0.1) is 5.92 Å². The lowest BCUT2D eigenvalue weighted by molar-refractivity contribution is -0.122. The molecular formula is C16H21N3O. The SMILES string of the molecule is NC(=O)C1CCC(NCc2cccc3[nH]ccc23)CC1. The average molecular weight is 271 g/mol. The molecule has 0 atom stereocenters. The molecule has 0 saturated heterocycles. The summed E-state index contributed by atoms with van der Waals surface area (Å²) in [6, 6.07) is 8.96. The Bertz CT molecular complexity index is 597. The van der Waals surface area contributed by atoms with E-state index in [-0.39, 0.29) is 11.8 Å². The Morgan fingerprint density at radius 3 is 2.80 bits per heavy atom. The highest BCUT2D eigenvalue weighted by Gasteiger charge is 2.24. The fraction of sp³-hybridized carbons (Fsp3) is 0.438. The Labute approximate surface area is 118 Å². The normalized spacial score (nSPS) is 23.0. The topological polar surface area (TPSA) is 70.9 Å². The van der Waals surface area contributed by atoms with Crippen LogP contribution in [-0.2, 0) is 11.3 Å². The van der Waals surface area contributed by atoms with E-state index in [1.807, 2.05) is 6.20 Å². The Morgan fingerprint density at radius 1 is 1.25 bits per heavy atom. The van der Waals surface area contributed by atoms with Gasteiger partial charge >= 0.3 is 0 Å². The second-order valence-electron chi connectivity index (χ2n) is 5.69. The van der Waals surface area contributed by atoms with Crippen LogP contribution in [-0.4, -0.2) is 16.9 Å². The van der Waals surface area contributed by atoms with E-state index in [0.29, 0.717) is 6.04 Å². The summed E-state index contributed by atoms with van der Waals surface area (Å²) in [7, 11) is 0. The van der Waals surface area contributed by atoms with Crippen LogP contribution < -0.4 is 11.1 Å². The van der Waals surface area contributed by atoms with Crippen molar-refractivity contribution in [3.05, 3.63) is 36.0 Å². The molecule has 4 nitrogen and oxygen atoms in total. The van der Waals surface area contributed by atoms with E-state index in [0.717, 1.165) is 32.2 Å². The van der Waals surface area contributed by atoms with Gasteiger partial charge in [-0.1, -0.05) is 12.1 Å². The van der Waals surface area contributed by atoms with Crippen molar-refractivity contribution in [2.24, 2.45) is 11.7 Å². The van der Waals surface area contributed by atoms with Crippen molar-refractivity contribution in [2.45, 2.75) is 38.3 Å². The van der Waals surface area contributed by atoms with Gasteiger partial charge in [0.25, 0.3) is 0 Å². The maximum absolute atomic E-state index is 11.2. The maximum Gasteiger partial charge on any atom is 0.220 e. The van der Waals surface area contributed by atoms with Crippen LogP contribution in [0.25, 0.3) is 10.9 Å². The molecule has 1 saturated carbocycles. The van der Waals surface area contributed by atoms with E-state index in [9.17, 15) is 4.79 Å². The molecule has 2 aromatic rings. The lowest BCUT2D eigenvalue weighted by atomic mass is 9.85. The molecule has 20 heavy (non-hydrogen) atoms. The van der Waals surface area contributed by atoms with Gasteiger partial charge in [-0.05, 0) is 43.4 Å². The zero-order chi connectivity index (χ0) is 13.9. The number of carbonyl (C=O) groups excluding carboxylic acids is 1. The van der Waals surface area contributed by atoms with Crippen molar-refractivity contribution >= 4 is 16.8 Å². The van der Waals surface area contributed by atoms with Crippen LogP contribution in [0.4, 0.5) is 0 Å². The third-order valence-corrected chi connectivity index (χ3v) is 4.40. The zero-order valence-corrected chi connectivity index (χ0v) is 11.6. The third-order valence-electron chi connectivity index (χ3n) is 4.40. The van der Waals surface area contributed by atoms with Gasteiger partial charge in [0, 0.05) is 35.6 Å². The number of nitrogens with one attached hydrogen (secondary N) is 2. The number of aromatic nitrogens is 1. The summed E-state index contributed by atoms with van der Waals surface area (Å²) < 4.78 is 0. The predicted molar refractivity (Wildman–Crippen MR) is 80.1 cm³/mol. The lowest BCUT2D eigenvalue weighted by Crippen LogP contribution is -2.36. The van der Waals surface area contributed by atoms with E-state index >= 15 is 0 Å². The Hall–Kier alpha value is -1.81. The summed E-state index contributed by atoms with van der Waals surface area (Å²) in [5.74, 6) is -0.0540. The van der Waals surface area contributed by atoms with Gasteiger partial charge in [0.15, 0.2) is 0 Å². The molecule has 4 heteroatoms. The van der Waals surface area contributed by atoms with Gasteiger partial charge in [-0.15, -0.1) is 0 Å². The molecule has 0 spiro atoms. The van der Waals surface area contributed by atoms with Crippen LogP contribution in [0.2, 0.25) is 0 Å². The molecule has 4 N–H and O–H groups in total. The summed E-state index contributed by atoms with van der Waals surface area (Å²) in [5, 5.41) is 4.90. The Balaban J connectivity index is 1.58. The average Bonchev–Trinajstić information content (AvgIpc) is 2.94. The molecule has 1 aromatic carbocycles. The second kappa shape index (κ2) is 5.67. The fourth-order valence-electron chi connectivity index (χ4n) is 3.14. The minimum atomic E-state index is -0.138. The molecule has 0 unspecified atom stereocenters. The number of hydrogen-bond donors (Lipinski definition) is 3. The molecule has 1 aliphatic carbocycles. The maximum atomic E-state index is 11.2. The molecule has 1 amide bonds. The van der Waals surface area contributed by atoms with Crippen molar-refractivity contribution in [3.63, 3.8) is 0 Å². The third kappa shape index (κ3) is 2.70. The summed E-state index contributed by atoms with van der Waals surface area (Å²) in [5.41, 5.74) is 7.87. The summed E-state index contributed by atoms with van der Waals surface area (Å²) >= 11 is 0. The van der Waals surface area contributed by atoms with E-state index in [2.05, 4.69) is 34.6 Å². The molecule has 0 aliphatic heterocycles. The van der Waals surface area contributed by atoms with Gasteiger partial charge in [0.1, 0.15) is 0 Å². The Morgan fingerprint density at radius 2 is 2.05 bits per heavy atom. The first-order valence-corrected chi connectivity index (χ1v) is 7.31. The first-order chi connectivity index (χ1) is 9.74. The van der Waals surface area contributed by atoms with Crippen molar-refractivity contribution in [2.75, 3.05) is 0 Å². The quantitative estimate of drug-likeness (QED) is 0.798. The fourth-order valence-corrected chi connectivity index (χ4v) is 3.14. The van der Waals surface area contributed by atoms with E-state index in [4.69, 9.17) is 5.73 Å². The summed E-state index contributed by atoms with van der Waals surface area (Å²) in [4.78, 5) is 14.4. The minimum absolute atomic E-state index is 0.0844. The van der Waals surface area contributed by atoms with Crippen LogP contribution in [0.5, 0.6) is 0 Å².